The molecule has 0 amide bonds. The highest BCUT2D eigenvalue weighted by Gasteiger charge is 2.17. The van der Waals surface area contributed by atoms with Crippen LogP contribution in [0.15, 0.2) is 47.6 Å². The standard InChI is InChI=1S/C21H27N3O3/c1-25-19-10-9-18(20(26-2)21(19)27-3)15-22-24-13-11-23(12-14-24)16-17-7-5-4-6-8-17/h4-10,15H,11-14,16H2,1-3H3. The lowest BCUT2D eigenvalue weighted by atomic mass is 10.2. The molecule has 0 bridgehead atoms. The lowest BCUT2D eigenvalue weighted by Crippen LogP contribution is -2.43. The molecule has 27 heavy (non-hydrogen) atoms. The Hall–Kier alpha value is -2.73. The summed E-state index contributed by atoms with van der Waals surface area (Å²) in [7, 11) is 4.84. The third kappa shape index (κ3) is 4.71. The maximum atomic E-state index is 5.51. The largest absolute Gasteiger partial charge is 0.493 e. The first-order valence-corrected chi connectivity index (χ1v) is 9.09. The van der Waals surface area contributed by atoms with E-state index in [2.05, 4.69) is 45.3 Å². The molecule has 2 aromatic rings. The highest BCUT2D eigenvalue weighted by molar-refractivity contribution is 5.86. The second kappa shape index (κ2) is 9.28. The molecule has 1 saturated heterocycles. The molecular weight excluding hydrogens is 342 g/mol. The van der Waals surface area contributed by atoms with Crippen LogP contribution in [0, 0.1) is 0 Å². The van der Waals surface area contributed by atoms with Crippen LogP contribution < -0.4 is 14.2 Å². The van der Waals surface area contributed by atoms with Gasteiger partial charge < -0.3 is 14.2 Å². The molecule has 0 aromatic heterocycles. The predicted octanol–water partition coefficient (Wildman–Crippen LogP) is 2.86. The summed E-state index contributed by atoms with van der Waals surface area (Å²) >= 11 is 0. The van der Waals surface area contributed by atoms with Gasteiger partial charge in [0.1, 0.15) is 0 Å². The summed E-state index contributed by atoms with van der Waals surface area (Å²) < 4.78 is 16.3. The second-order valence-corrected chi connectivity index (χ2v) is 6.38. The molecule has 1 aliphatic heterocycles. The van der Waals surface area contributed by atoms with Gasteiger partial charge >= 0.3 is 0 Å². The summed E-state index contributed by atoms with van der Waals surface area (Å²) in [6.07, 6.45) is 1.83. The maximum Gasteiger partial charge on any atom is 0.203 e. The molecule has 144 valence electrons. The van der Waals surface area contributed by atoms with Crippen molar-refractivity contribution in [2.75, 3.05) is 47.5 Å². The summed E-state index contributed by atoms with van der Waals surface area (Å²) in [5, 5.41) is 6.73. The third-order valence-corrected chi connectivity index (χ3v) is 4.69. The van der Waals surface area contributed by atoms with E-state index in [-0.39, 0.29) is 0 Å². The Labute approximate surface area is 160 Å². The Morgan fingerprint density at radius 1 is 0.852 bits per heavy atom. The van der Waals surface area contributed by atoms with Gasteiger partial charge in [-0.3, -0.25) is 9.91 Å². The van der Waals surface area contributed by atoms with Crippen LogP contribution in [0.25, 0.3) is 0 Å². The van der Waals surface area contributed by atoms with E-state index >= 15 is 0 Å². The minimum atomic E-state index is 0.580. The monoisotopic (exact) mass is 369 g/mol. The van der Waals surface area contributed by atoms with E-state index in [1.54, 1.807) is 21.3 Å². The minimum absolute atomic E-state index is 0.580. The fraction of sp³-hybridized carbons (Fsp3) is 0.381. The number of hydrogen-bond acceptors (Lipinski definition) is 6. The van der Waals surface area contributed by atoms with Crippen LogP contribution in [0.1, 0.15) is 11.1 Å². The Morgan fingerprint density at radius 2 is 1.56 bits per heavy atom. The van der Waals surface area contributed by atoms with E-state index < -0.39 is 0 Å². The number of methoxy groups -OCH3 is 3. The molecule has 6 nitrogen and oxygen atoms in total. The minimum Gasteiger partial charge on any atom is -0.493 e. The third-order valence-electron chi connectivity index (χ3n) is 4.69. The van der Waals surface area contributed by atoms with Crippen LogP contribution in [0.3, 0.4) is 0 Å². The van der Waals surface area contributed by atoms with Crippen molar-refractivity contribution in [1.29, 1.82) is 0 Å². The van der Waals surface area contributed by atoms with E-state index in [1.165, 1.54) is 5.56 Å². The van der Waals surface area contributed by atoms with E-state index in [4.69, 9.17) is 14.2 Å². The number of piperazine rings is 1. The Kier molecular flexibility index (Phi) is 6.54. The topological polar surface area (TPSA) is 46.5 Å². The normalized spacial score (nSPS) is 15.1. The molecule has 0 radical (unpaired) electrons. The molecule has 2 aromatic carbocycles. The number of nitrogens with zero attached hydrogens (tertiary/aromatic N) is 3. The van der Waals surface area contributed by atoms with Crippen LogP contribution in [-0.4, -0.2) is 63.6 Å². The number of ether oxygens (including phenoxy) is 3. The average Bonchev–Trinajstić information content (AvgIpc) is 2.73. The quantitative estimate of drug-likeness (QED) is 0.703. The molecule has 0 saturated carbocycles. The van der Waals surface area contributed by atoms with Gasteiger partial charge in [-0.1, -0.05) is 30.3 Å². The van der Waals surface area contributed by atoms with E-state index in [0.717, 1.165) is 38.3 Å². The zero-order valence-electron chi connectivity index (χ0n) is 16.2. The van der Waals surface area contributed by atoms with Gasteiger partial charge in [0.05, 0.1) is 27.5 Å². The van der Waals surface area contributed by atoms with Crippen molar-refractivity contribution in [3.63, 3.8) is 0 Å². The van der Waals surface area contributed by atoms with Crippen LogP contribution in [0.2, 0.25) is 0 Å². The summed E-state index contributed by atoms with van der Waals surface area (Å²) in [5.41, 5.74) is 2.21. The average molecular weight is 369 g/mol. The maximum absolute atomic E-state index is 5.51. The van der Waals surface area contributed by atoms with Gasteiger partial charge in [-0.2, -0.15) is 5.10 Å². The van der Waals surface area contributed by atoms with Crippen LogP contribution in [0.4, 0.5) is 0 Å². The predicted molar refractivity (Wildman–Crippen MR) is 107 cm³/mol. The number of rotatable bonds is 7. The SMILES string of the molecule is COc1ccc(C=NN2CCN(Cc3ccccc3)CC2)c(OC)c1OC. The lowest BCUT2D eigenvalue weighted by molar-refractivity contribution is 0.131. The number of benzene rings is 2. The van der Waals surface area contributed by atoms with Crippen LogP contribution in [0.5, 0.6) is 17.2 Å². The number of hydrazone groups is 1. The van der Waals surface area contributed by atoms with Crippen LogP contribution in [-0.2, 0) is 6.54 Å². The van der Waals surface area contributed by atoms with E-state index in [0.29, 0.717) is 17.2 Å². The molecule has 1 fully saturated rings. The van der Waals surface area contributed by atoms with Crippen molar-refractivity contribution < 1.29 is 14.2 Å². The van der Waals surface area contributed by atoms with Gasteiger partial charge in [0.15, 0.2) is 11.5 Å². The van der Waals surface area contributed by atoms with Crippen molar-refractivity contribution >= 4 is 6.21 Å². The Morgan fingerprint density at radius 3 is 2.19 bits per heavy atom. The van der Waals surface area contributed by atoms with Crippen molar-refractivity contribution in [1.82, 2.24) is 9.91 Å². The second-order valence-electron chi connectivity index (χ2n) is 6.38. The summed E-state index contributed by atoms with van der Waals surface area (Å²) in [6, 6.07) is 14.4. The smallest absolute Gasteiger partial charge is 0.203 e. The molecule has 1 aliphatic rings. The van der Waals surface area contributed by atoms with Crippen LogP contribution >= 0.6 is 0 Å². The zero-order valence-corrected chi connectivity index (χ0v) is 16.2. The molecule has 0 N–H and O–H groups in total. The first kappa shape index (κ1) is 19.0. The summed E-state index contributed by atoms with van der Waals surface area (Å²) in [5.74, 6) is 1.85. The molecule has 6 heteroatoms. The van der Waals surface area contributed by atoms with Gasteiger partial charge in [-0.05, 0) is 17.7 Å². The van der Waals surface area contributed by atoms with Gasteiger partial charge in [0.2, 0.25) is 5.75 Å². The molecule has 0 atom stereocenters. The fourth-order valence-electron chi connectivity index (χ4n) is 3.22. The molecule has 0 unspecified atom stereocenters. The van der Waals surface area contributed by atoms with Gasteiger partial charge in [0.25, 0.3) is 0 Å². The molecule has 3 rings (SSSR count). The van der Waals surface area contributed by atoms with E-state index in [1.807, 2.05) is 18.3 Å². The van der Waals surface area contributed by atoms with Crippen molar-refractivity contribution in [2.45, 2.75) is 6.54 Å². The summed E-state index contributed by atoms with van der Waals surface area (Å²) in [6.45, 7) is 4.78. The van der Waals surface area contributed by atoms with E-state index in [9.17, 15) is 0 Å². The van der Waals surface area contributed by atoms with Crippen molar-refractivity contribution in [3.8, 4) is 17.2 Å². The highest BCUT2D eigenvalue weighted by Crippen LogP contribution is 2.39. The Bertz CT molecular complexity index is 757. The molecular formula is C21H27N3O3. The fourth-order valence-corrected chi connectivity index (χ4v) is 3.22. The van der Waals surface area contributed by atoms with Gasteiger partial charge in [-0.25, -0.2) is 0 Å². The molecule has 1 heterocycles. The van der Waals surface area contributed by atoms with Crippen molar-refractivity contribution in [3.05, 3.63) is 53.6 Å². The lowest BCUT2D eigenvalue weighted by Gasteiger charge is -2.33. The molecule has 0 spiro atoms. The van der Waals surface area contributed by atoms with Gasteiger partial charge in [-0.15, -0.1) is 0 Å². The Balaban J connectivity index is 1.61. The first-order valence-electron chi connectivity index (χ1n) is 9.09. The first-order chi connectivity index (χ1) is 13.2. The highest BCUT2D eigenvalue weighted by atomic mass is 16.5. The van der Waals surface area contributed by atoms with Gasteiger partial charge in [0, 0.05) is 38.3 Å². The zero-order chi connectivity index (χ0) is 19.1. The van der Waals surface area contributed by atoms with Crippen molar-refractivity contribution in [2.24, 2.45) is 5.10 Å². The summed E-state index contributed by atoms with van der Waals surface area (Å²) in [4.78, 5) is 2.46. The number of hydrogen-bond donors (Lipinski definition) is 0. The molecule has 0 aliphatic carbocycles.